The minimum atomic E-state index is 0.102. The summed E-state index contributed by atoms with van der Waals surface area (Å²) in [6, 6.07) is 0. The molecule has 1 fully saturated rings. The van der Waals surface area contributed by atoms with E-state index in [0.717, 1.165) is 13.2 Å². The zero-order valence-electron chi connectivity index (χ0n) is 7.17. The Hall–Kier alpha value is -0.100. The molecule has 0 amide bonds. The van der Waals surface area contributed by atoms with Gasteiger partial charge in [-0.25, -0.2) is 4.68 Å². The van der Waals surface area contributed by atoms with E-state index >= 15 is 0 Å². The summed E-state index contributed by atoms with van der Waals surface area (Å²) >= 11 is 2.33. The Kier molecular flexibility index (Phi) is 1.91. The van der Waals surface area contributed by atoms with Gasteiger partial charge in [0.05, 0.1) is 19.4 Å². The number of rotatable bonds is 1. The lowest BCUT2D eigenvalue weighted by Gasteiger charge is -2.38. The van der Waals surface area contributed by atoms with Crippen LogP contribution in [0.5, 0.6) is 0 Å². The summed E-state index contributed by atoms with van der Waals surface area (Å²) in [6.07, 6.45) is 1.91. The molecule has 3 nitrogen and oxygen atoms in total. The first-order valence-electron chi connectivity index (χ1n) is 3.92. The zero-order valence-corrected chi connectivity index (χ0v) is 9.33. The van der Waals surface area contributed by atoms with E-state index in [4.69, 9.17) is 4.74 Å². The number of ether oxygens (including phenoxy) is 1. The Labute approximate surface area is 85.2 Å². The number of nitrogens with zero attached hydrogens (tertiary/aromatic N) is 2. The normalized spacial score (nSPS) is 20.6. The van der Waals surface area contributed by atoms with Gasteiger partial charge in [-0.1, -0.05) is 0 Å². The highest BCUT2D eigenvalue weighted by Crippen LogP contribution is 2.27. The Morgan fingerprint density at radius 1 is 1.67 bits per heavy atom. The average Bonchev–Trinajstić information content (AvgIpc) is 2.29. The average molecular weight is 278 g/mol. The van der Waals surface area contributed by atoms with Crippen LogP contribution in [0.4, 0.5) is 0 Å². The maximum absolute atomic E-state index is 5.19. The summed E-state index contributed by atoms with van der Waals surface area (Å²) in [6.45, 7) is 5.81. The van der Waals surface area contributed by atoms with E-state index in [-0.39, 0.29) is 5.54 Å². The molecule has 0 radical (unpaired) electrons. The molecule has 0 bridgehead atoms. The zero-order chi connectivity index (χ0) is 8.77. The van der Waals surface area contributed by atoms with Gasteiger partial charge < -0.3 is 4.74 Å². The van der Waals surface area contributed by atoms with Gasteiger partial charge in [-0.2, -0.15) is 5.10 Å². The molecule has 66 valence electrons. The maximum Gasteiger partial charge on any atom is 0.108 e. The summed E-state index contributed by atoms with van der Waals surface area (Å²) in [5.74, 6) is 0. The van der Waals surface area contributed by atoms with Gasteiger partial charge in [-0.05, 0) is 36.4 Å². The molecule has 1 aromatic rings. The Balaban J connectivity index is 2.39. The summed E-state index contributed by atoms with van der Waals surface area (Å²) in [7, 11) is 0. The quantitative estimate of drug-likeness (QED) is 0.729. The van der Waals surface area contributed by atoms with Gasteiger partial charge >= 0.3 is 0 Å². The summed E-state index contributed by atoms with van der Waals surface area (Å²) in [4.78, 5) is 0. The van der Waals surface area contributed by atoms with E-state index in [0.29, 0.717) is 0 Å². The fraction of sp³-hybridized carbons (Fsp3) is 0.625. The van der Waals surface area contributed by atoms with E-state index in [1.165, 1.54) is 9.26 Å². The van der Waals surface area contributed by atoms with Gasteiger partial charge in [0.2, 0.25) is 0 Å². The van der Waals surface area contributed by atoms with Crippen LogP contribution in [-0.2, 0) is 10.3 Å². The van der Waals surface area contributed by atoms with Crippen molar-refractivity contribution in [3.63, 3.8) is 0 Å². The van der Waals surface area contributed by atoms with Crippen molar-refractivity contribution >= 4 is 22.6 Å². The van der Waals surface area contributed by atoms with Gasteiger partial charge in [-0.15, -0.1) is 0 Å². The fourth-order valence-electron chi connectivity index (χ4n) is 1.31. The van der Waals surface area contributed by atoms with Crippen LogP contribution in [0.1, 0.15) is 12.5 Å². The van der Waals surface area contributed by atoms with E-state index in [9.17, 15) is 0 Å². The largest absolute Gasteiger partial charge is 0.376 e. The molecular formula is C8H11IN2O. The molecule has 2 heterocycles. The van der Waals surface area contributed by atoms with Gasteiger partial charge in [0.1, 0.15) is 9.24 Å². The summed E-state index contributed by atoms with van der Waals surface area (Å²) in [5.41, 5.74) is 1.34. The van der Waals surface area contributed by atoms with Crippen LogP contribution in [-0.4, -0.2) is 23.0 Å². The highest BCUT2D eigenvalue weighted by atomic mass is 127. The van der Waals surface area contributed by atoms with Crippen molar-refractivity contribution in [1.29, 1.82) is 0 Å². The fourth-order valence-corrected chi connectivity index (χ4v) is 2.16. The van der Waals surface area contributed by atoms with E-state index < -0.39 is 0 Å². The lowest BCUT2D eigenvalue weighted by Crippen LogP contribution is -2.50. The first-order valence-corrected chi connectivity index (χ1v) is 5.00. The van der Waals surface area contributed by atoms with Crippen molar-refractivity contribution in [3.05, 3.63) is 15.5 Å². The minimum absolute atomic E-state index is 0.102. The standard InChI is InChI=1S/C8H11IN2O/c1-6-3-10-11(7(6)9)8(2)4-12-5-8/h3H,4-5H2,1-2H3. The number of hydrogen-bond donors (Lipinski definition) is 0. The number of hydrogen-bond acceptors (Lipinski definition) is 2. The van der Waals surface area contributed by atoms with E-state index in [2.05, 4.69) is 46.2 Å². The second-order valence-corrected chi connectivity index (χ2v) is 4.54. The highest BCUT2D eigenvalue weighted by molar-refractivity contribution is 14.1. The lowest BCUT2D eigenvalue weighted by molar-refractivity contribution is -0.0971. The molecule has 0 atom stereocenters. The third-order valence-corrected chi connectivity index (χ3v) is 3.52. The van der Waals surface area contributed by atoms with E-state index in [1.54, 1.807) is 0 Å². The van der Waals surface area contributed by atoms with Crippen molar-refractivity contribution in [2.45, 2.75) is 19.4 Å². The van der Waals surface area contributed by atoms with Crippen LogP contribution >= 0.6 is 22.6 Å². The molecule has 0 saturated carbocycles. The van der Waals surface area contributed by atoms with Gasteiger partial charge in [-0.3, -0.25) is 0 Å². The summed E-state index contributed by atoms with van der Waals surface area (Å²) < 4.78 is 8.48. The molecule has 0 N–H and O–H groups in total. The van der Waals surface area contributed by atoms with Crippen LogP contribution in [0.2, 0.25) is 0 Å². The Morgan fingerprint density at radius 2 is 2.33 bits per heavy atom. The van der Waals surface area contributed by atoms with Crippen molar-refractivity contribution < 1.29 is 4.74 Å². The monoisotopic (exact) mass is 278 g/mol. The first kappa shape index (κ1) is 8.50. The lowest BCUT2D eigenvalue weighted by atomic mass is 10.0. The number of halogens is 1. The van der Waals surface area contributed by atoms with Crippen molar-refractivity contribution in [3.8, 4) is 0 Å². The third-order valence-electron chi connectivity index (χ3n) is 2.22. The van der Waals surface area contributed by atoms with Crippen LogP contribution in [0.3, 0.4) is 0 Å². The van der Waals surface area contributed by atoms with Crippen molar-refractivity contribution in [2.75, 3.05) is 13.2 Å². The second-order valence-electron chi connectivity index (χ2n) is 3.52. The molecule has 1 aliphatic rings. The molecule has 1 aromatic heterocycles. The van der Waals surface area contributed by atoms with Crippen LogP contribution in [0.25, 0.3) is 0 Å². The molecule has 1 aliphatic heterocycles. The molecule has 1 saturated heterocycles. The van der Waals surface area contributed by atoms with Gasteiger partial charge in [0.25, 0.3) is 0 Å². The minimum Gasteiger partial charge on any atom is -0.376 e. The predicted molar refractivity (Wildman–Crippen MR) is 54.1 cm³/mol. The van der Waals surface area contributed by atoms with Gasteiger partial charge in [0.15, 0.2) is 0 Å². The van der Waals surface area contributed by atoms with Crippen molar-refractivity contribution in [2.24, 2.45) is 0 Å². The van der Waals surface area contributed by atoms with E-state index in [1.807, 2.05) is 6.20 Å². The smallest absolute Gasteiger partial charge is 0.108 e. The number of aryl methyl sites for hydroxylation is 1. The first-order chi connectivity index (χ1) is 5.63. The molecule has 0 spiro atoms. The maximum atomic E-state index is 5.19. The SMILES string of the molecule is Cc1cnn(C2(C)COC2)c1I. The molecule has 0 unspecified atom stereocenters. The summed E-state index contributed by atoms with van der Waals surface area (Å²) in [5, 5.41) is 4.34. The molecule has 0 aromatic carbocycles. The Bertz CT molecular complexity index is 304. The predicted octanol–water partition coefficient (Wildman–Crippen LogP) is 1.54. The highest BCUT2D eigenvalue weighted by Gasteiger charge is 2.37. The third kappa shape index (κ3) is 1.08. The molecular weight excluding hydrogens is 267 g/mol. The van der Waals surface area contributed by atoms with Crippen molar-refractivity contribution in [1.82, 2.24) is 9.78 Å². The molecule has 12 heavy (non-hydrogen) atoms. The van der Waals surface area contributed by atoms with Gasteiger partial charge in [0, 0.05) is 5.56 Å². The topological polar surface area (TPSA) is 27.1 Å². The van der Waals surface area contributed by atoms with Crippen LogP contribution in [0.15, 0.2) is 6.20 Å². The second kappa shape index (κ2) is 2.70. The van der Waals surface area contributed by atoms with Crippen LogP contribution in [0, 0.1) is 10.6 Å². The van der Waals surface area contributed by atoms with Crippen LogP contribution < -0.4 is 0 Å². The Morgan fingerprint density at radius 3 is 2.67 bits per heavy atom. The number of aromatic nitrogens is 2. The molecule has 2 rings (SSSR count). The molecule has 4 heteroatoms. The molecule has 0 aliphatic carbocycles.